The third kappa shape index (κ3) is 3.76. The summed E-state index contributed by atoms with van der Waals surface area (Å²) in [6.07, 6.45) is 0. The molecule has 0 spiro atoms. The van der Waals surface area contributed by atoms with E-state index in [1.807, 2.05) is 44.3 Å². The van der Waals surface area contributed by atoms with E-state index >= 15 is 0 Å². The van der Waals surface area contributed by atoms with Crippen LogP contribution in [0.4, 0.5) is 5.69 Å². The first kappa shape index (κ1) is 15.4. The predicted octanol–water partition coefficient (Wildman–Crippen LogP) is 3.49. The van der Waals surface area contributed by atoms with E-state index in [-0.39, 0.29) is 5.84 Å². The Morgan fingerprint density at radius 2 is 1.90 bits per heavy atom. The molecule has 4 nitrogen and oxygen atoms in total. The van der Waals surface area contributed by atoms with Gasteiger partial charge < -0.3 is 15.8 Å². The Morgan fingerprint density at radius 1 is 1.24 bits per heavy atom. The summed E-state index contributed by atoms with van der Waals surface area (Å²) < 4.78 is 1.06. The first-order chi connectivity index (χ1) is 10.0. The molecular formula is C16H18BrN3O. The number of hydrogen-bond donors (Lipinski definition) is 2. The lowest BCUT2D eigenvalue weighted by atomic mass is 10.1. The zero-order valence-corrected chi connectivity index (χ0v) is 13.6. The highest BCUT2D eigenvalue weighted by Gasteiger charge is 2.12. The van der Waals surface area contributed by atoms with E-state index in [1.165, 1.54) is 5.56 Å². The van der Waals surface area contributed by atoms with Crippen LogP contribution in [0.2, 0.25) is 0 Å². The smallest absolute Gasteiger partial charge is 0.172 e. The number of benzene rings is 2. The van der Waals surface area contributed by atoms with Crippen LogP contribution in [-0.4, -0.2) is 18.1 Å². The van der Waals surface area contributed by atoms with Crippen LogP contribution in [0.3, 0.4) is 0 Å². The fraction of sp³-hybridized carbons (Fsp3) is 0.188. The molecule has 2 aromatic carbocycles. The Labute approximate surface area is 133 Å². The topological polar surface area (TPSA) is 61.9 Å². The summed E-state index contributed by atoms with van der Waals surface area (Å²) in [6.45, 7) is 2.76. The highest BCUT2D eigenvalue weighted by molar-refractivity contribution is 9.10. The van der Waals surface area contributed by atoms with E-state index in [4.69, 9.17) is 10.9 Å². The van der Waals surface area contributed by atoms with Crippen molar-refractivity contribution in [1.82, 2.24) is 0 Å². The maximum absolute atomic E-state index is 8.92. The second-order valence-corrected chi connectivity index (χ2v) is 5.90. The van der Waals surface area contributed by atoms with Crippen molar-refractivity contribution >= 4 is 27.5 Å². The Bertz CT molecular complexity index is 653. The van der Waals surface area contributed by atoms with Gasteiger partial charge in [0.1, 0.15) is 0 Å². The molecule has 0 saturated heterocycles. The largest absolute Gasteiger partial charge is 0.409 e. The van der Waals surface area contributed by atoms with E-state index in [0.29, 0.717) is 0 Å². The van der Waals surface area contributed by atoms with E-state index in [2.05, 4.69) is 38.1 Å². The zero-order valence-electron chi connectivity index (χ0n) is 12.0. The number of nitrogens with zero attached hydrogens (tertiary/aromatic N) is 2. The minimum Gasteiger partial charge on any atom is -0.409 e. The van der Waals surface area contributed by atoms with Crippen molar-refractivity contribution in [2.75, 3.05) is 11.9 Å². The SMILES string of the molecule is Cc1ccc(C(N)=NO)c(N(C)Cc2ccc(Br)cc2)c1. The van der Waals surface area contributed by atoms with Gasteiger partial charge in [-0.05, 0) is 42.3 Å². The van der Waals surface area contributed by atoms with E-state index in [9.17, 15) is 0 Å². The molecule has 3 N–H and O–H groups in total. The fourth-order valence-corrected chi connectivity index (χ4v) is 2.44. The van der Waals surface area contributed by atoms with Crippen LogP contribution in [0.15, 0.2) is 52.1 Å². The van der Waals surface area contributed by atoms with Crippen LogP contribution >= 0.6 is 15.9 Å². The average Bonchev–Trinajstić information content (AvgIpc) is 2.48. The van der Waals surface area contributed by atoms with Gasteiger partial charge in [-0.2, -0.15) is 0 Å². The van der Waals surface area contributed by atoms with Gasteiger partial charge in [0.15, 0.2) is 5.84 Å². The maximum Gasteiger partial charge on any atom is 0.172 e. The number of aryl methyl sites for hydroxylation is 1. The summed E-state index contributed by atoms with van der Waals surface area (Å²) in [5.74, 6) is 0.118. The van der Waals surface area contributed by atoms with Gasteiger partial charge in [0.2, 0.25) is 0 Å². The summed E-state index contributed by atoms with van der Waals surface area (Å²) in [5.41, 5.74) is 9.74. The van der Waals surface area contributed by atoms with E-state index < -0.39 is 0 Å². The molecule has 0 amide bonds. The van der Waals surface area contributed by atoms with Crippen molar-refractivity contribution in [3.05, 3.63) is 63.6 Å². The quantitative estimate of drug-likeness (QED) is 0.385. The van der Waals surface area contributed by atoms with Crippen LogP contribution < -0.4 is 10.6 Å². The van der Waals surface area contributed by atoms with E-state index in [1.54, 1.807) is 0 Å². The van der Waals surface area contributed by atoms with Crippen LogP contribution in [0.1, 0.15) is 16.7 Å². The van der Waals surface area contributed by atoms with Crippen molar-refractivity contribution in [2.45, 2.75) is 13.5 Å². The summed E-state index contributed by atoms with van der Waals surface area (Å²) >= 11 is 3.43. The van der Waals surface area contributed by atoms with Crippen LogP contribution in [0, 0.1) is 6.92 Å². The molecule has 0 fully saturated rings. The molecule has 0 heterocycles. The highest BCUT2D eigenvalue weighted by Crippen LogP contribution is 2.23. The molecule has 0 radical (unpaired) electrons. The van der Waals surface area contributed by atoms with Gasteiger partial charge in [0.05, 0.1) is 0 Å². The first-order valence-electron chi connectivity index (χ1n) is 6.55. The van der Waals surface area contributed by atoms with Crippen LogP contribution in [0.25, 0.3) is 0 Å². The monoisotopic (exact) mass is 347 g/mol. The summed E-state index contributed by atoms with van der Waals surface area (Å²) in [5, 5.41) is 12.0. The minimum absolute atomic E-state index is 0.118. The standard InChI is InChI=1S/C16H18BrN3O/c1-11-3-8-14(16(18)19-21)15(9-11)20(2)10-12-4-6-13(17)7-5-12/h3-9,21H,10H2,1-2H3,(H2,18,19). The molecule has 0 bridgehead atoms. The number of halogens is 1. The summed E-state index contributed by atoms with van der Waals surface area (Å²) in [6, 6.07) is 14.0. The molecule has 5 heteroatoms. The molecule has 110 valence electrons. The molecule has 0 atom stereocenters. The number of rotatable bonds is 4. The normalized spacial score (nSPS) is 11.5. The maximum atomic E-state index is 8.92. The molecule has 0 aromatic heterocycles. The number of hydrogen-bond acceptors (Lipinski definition) is 3. The minimum atomic E-state index is 0.118. The molecular weight excluding hydrogens is 330 g/mol. The van der Waals surface area contributed by atoms with Gasteiger partial charge in [-0.25, -0.2) is 0 Å². The molecule has 0 saturated carbocycles. The Kier molecular flexibility index (Phi) is 4.85. The lowest BCUT2D eigenvalue weighted by molar-refractivity contribution is 0.318. The average molecular weight is 348 g/mol. The molecule has 0 aliphatic carbocycles. The summed E-state index contributed by atoms with van der Waals surface area (Å²) in [7, 11) is 1.99. The van der Waals surface area contributed by atoms with Gasteiger partial charge in [0, 0.05) is 29.3 Å². The van der Waals surface area contributed by atoms with Crippen molar-refractivity contribution in [2.24, 2.45) is 10.9 Å². The fourth-order valence-electron chi connectivity index (χ4n) is 2.18. The van der Waals surface area contributed by atoms with E-state index in [0.717, 1.165) is 27.8 Å². The summed E-state index contributed by atoms with van der Waals surface area (Å²) in [4.78, 5) is 2.09. The van der Waals surface area contributed by atoms with Gasteiger partial charge in [-0.1, -0.05) is 39.3 Å². The lowest BCUT2D eigenvalue weighted by Gasteiger charge is -2.23. The Balaban J connectivity index is 2.31. The number of nitrogens with two attached hydrogens (primary N) is 1. The first-order valence-corrected chi connectivity index (χ1v) is 7.34. The third-order valence-corrected chi connectivity index (χ3v) is 3.81. The Morgan fingerprint density at radius 3 is 2.52 bits per heavy atom. The van der Waals surface area contributed by atoms with Gasteiger partial charge >= 0.3 is 0 Å². The van der Waals surface area contributed by atoms with Crippen molar-refractivity contribution in [3.63, 3.8) is 0 Å². The Hall–Kier alpha value is -2.01. The molecule has 0 aliphatic rings. The molecule has 2 aromatic rings. The van der Waals surface area contributed by atoms with Gasteiger partial charge in [0.25, 0.3) is 0 Å². The lowest BCUT2D eigenvalue weighted by Crippen LogP contribution is -2.22. The third-order valence-electron chi connectivity index (χ3n) is 3.28. The molecule has 0 aliphatic heterocycles. The van der Waals surface area contributed by atoms with Crippen molar-refractivity contribution < 1.29 is 5.21 Å². The van der Waals surface area contributed by atoms with Gasteiger partial charge in [-0.15, -0.1) is 0 Å². The van der Waals surface area contributed by atoms with Crippen molar-refractivity contribution in [1.29, 1.82) is 0 Å². The molecule has 0 unspecified atom stereocenters. The van der Waals surface area contributed by atoms with Gasteiger partial charge in [-0.3, -0.25) is 0 Å². The second kappa shape index (κ2) is 6.63. The van der Waals surface area contributed by atoms with Crippen LogP contribution in [0.5, 0.6) is 0 Å². The number of amidine groups is 1. The predicted molar refractivity (Wildman–Crippen MR) is 89.9 cm³/mol. The molecule has 21 heavy (non-hydrogen) atoms. The van der Waals surface area contributed by atoms with Crippen molar-refractivity contribution in [3.8, 4) is 0 Å². The second-order valence-electron chi connectivity index (χ2n) is 4.99. The zero-order chi connectivity index (χ0) is 15.4. The molecule has 2 rings (SSSR count). The number of anilines is 1. The highest BCUT2D eigenvalue weighted by atomic mass is 79.9. The van der Waals surface area contributed by atoms with Crippen LogP contribution in [-0.2, 0) is 6.54 Å². The number of oxime groups is 1.